The number of aromatic nitrogens is 2. The summed E-state index contributed by atoms with van der Waals surface area (Å²) >= 11 is 5.80. The molecular weight excluding hydrogens is 357 g/mol. The number of carbonyl (C=O) groups excluding carboxylic acids is 1. The Hall–Kier alpha value is -2.41. The number of urea groups is 1. The van der Waals surface area contributed by atoms with E-state index in [4.69, 9.17) is 11.6 Å². The van der Waals surface area contributed by atoms with Gasteiger partial charge in [0.05, 0.1) is 11.1 Å². The highest BCUT2D eigenvalue weighted by atomic mass is 35.5. The van der Waals surface area contributed by atoms with Crippen LogP contribution in [0.3, 0.4) is 0 Å². The highest BCUT2D eigenvalue weighted by Gasteiger charge is 2.22. The van der Waals surface area contributed by atoms with Gasteiger partial charge in [0.15, 0.2) is 0 Å². The molecule has 1 unspecified atom stereocenters. The number of carbonyl (C=O) groups is 1. The van der Waals surface area contributed by atoms with Crippen LogP contribution in [0.2, 0.25) is 5.02 Å². The number of hydrogen-bond acceptors (Lipinski definition) is 4. The molecule has 1 aromatic heterocycles. The Morgan fingerprint density at radius 1 is 1.31 bits per heavy atom. The van der Waals surface area contributed by atoms with Crippen molar-refractivity contribution < 1.29 is 9.18 Å². The van der Waals surface area contributed by atoms with Gasteiger partial charge in [-0.3, -0.25) is 0 Å². The lowest BCUT2D eigenvalue weighted by Gasteiger charge is -2.32. The number of anilines is 1. The summed E-state index contributed by atoms with van der Waals surface area (Å²) in [5.41, 5.74) is 0.752. The minimum absolute atomic E-state index is 0.0482. The Morgan fingerprint density at radius 2 is 2.00 bits per heavy atom. The molecule has 0 bridgehead atoms. The maximum absolute atomic E-state index is 13.2. The van der Waals surface area contributed by atoms with Crippen LogP contribution < -0.4 is 15.5 Å². The van der Waals surface area contributed by atoms with Crippen LogP contribution in [0.5, 0.6) is 0 Å². The van der Waals surface area contributed by atoms with Crippen molar-refractivity contribution in [2.75, 3.05) is 18.0 Å². The van der Waals surface area contributed by atoms with Crippen LogP contribution in [-0.2, 0) is 0 Å². The van der Waals surface area contributed by atoms with Crippen LogP contribution >= 0.6 is 11.6 Å². The van der Waals surface area contributed by atoms with Gasteiger partial charge in [0.2, 0.25) is 5.95 Å². The number of piperidine rings is 1. The predicted octanol–water partition coefficient (Wildman–Crippen LogP) is 3.30. The first-order valence-corrected chi connectivity index (χ1v) is 8.94. The predicted molar refractivity (Wildman–Crippen MR) is 98.8 cm³/mol. The molecule has 2 amide bonds. The van der Waals surface area contributed by atoms with E-state index in [1.54, 1.807) is 24.5 Å². The molecule has 0 aliphatic carbocycles. The summed E-state index contributed by atoms with van der Waals surface area (Å²) in [6.07, 6.45) is 5.09. The van der Waals surface area contributed by atoms with Crippen molar-refractivity contribution in [2.45, 2.75) is 31.8 Å². The van der Waals surface area contributed by atoms with Crippen LogP contribution in [0.1, 0.15) is 31.4 Å². The summed E-state index contributed by atoms with van der Waals surface area (Å²) in [5, 5.41) is 5.90. The second kappa shape index (κ2) is 8.31. The molecule has 1 aliphatic rings. The molecule has 1 aliphatic heterocycles. The summed E-state index contributed by atoms with van der Waals surface area (Å²) in [6, 6.07) is 5.81. The zero-order valence-corrected chi connectivity index (χ0v) is 15.2. The maximum atomic E-state index is 13.2. The molecule has 2 aromatic rings. The Kier molecular flexibility index (Phi) is 5.88. The van der Waals surface area contributed by atoms with Gasteiger partial charge in [-0.2, -0.15) is 0 Å². The van der Waals surface area contributed by atoms with E-state index in [1.807, 2.05) is 6.92 Å². The minimum atomic E-state index is -0.471. The molecule has 1 fully saturated rings. The Labute approximate surface area is 156 Å². The number of amides is 2. The number of benzene rings is 1. The quantitative estimate of drug-likeness (QED) is 0.857. The summed E-state index contributed by atoms with van der Waals surface area (Å²) < 4.78 is 13.2. The lowest BCUT2D eigenvalue weighted by Crippen LogP contribution is -2.48. The van der Waals surface area contributed by atoms with E-state index < -0.39 is 5.82 Å². The number of nitrogens with one attached hydrogen (secondary N) is 2. The SMILES string of the molecule is CC(NC(=O)NC1CCN(c2ncccn2)CC1)c1ccc(F)c(Cl)c1. The van der Waals surface area contributed by atoms with Crippen molar-refractivity contribution in [3.8, 4) is 0 Å². The molecule has 26 heavy (non-hydrogen) atoms. The number of rotatable bonds is 4. The third-order valence-corrected chi connectivity index (χ3v) is 4.75. The van der Waals surface area contributed by atoms with Crippen molar-refractivity contribution in [2.24, 2.45) is 0 Å². The molecule has 2 N–H and O–H groups in total. The van der Waals surface area contributed by atoms with Crippen LogP contribution in [0, 0.1) is 5.82 Å². The fourth-order valence-corrected chi connectivity index (χ4v) is 3.16. The monoisotopic (exact) mass is 377 g/mol. The first-order chi connectivity index (χ1) is 12.5. The van der Waals surface area contributed by atoms with E-state index >= 15 is 0 Å². The molecular formula is C18H21ClFN5O. The van der Waals surface area contributed by atoms with Gasteiger partial charge < -0.3 is 15.5 Å². The second-order valence-corrected chi connectivity index (χ2v) is 6.73. The molecule has 0 spiro atoms. The molecule has 2 heterocycles. The lowest BCUT2D eigenvalue weighted by molar-refractivity contribution is 0.231. The number of halogens is 2. The van der Waals surface area contributed by atoms with E-state index in [-0.39, 0.29) is 23.1 Å². The van der Waals surface area contributed by atoms with Gasteiger partial charge in [0.25, 0.3) is 0 Å². The van der Waals surface area contributed by atoms with Crippen molar-refractivity contribution in [3.05, 3.63) is 53.1 Å². The molecule has 8 heteroatoms. The van der Waals surface area contributed by atoms with E-state index in [9.17, 15) is 9.18 Å². The molecule has 0 radical (unpaired) electrons. The topological polar surface area (TPSA) is 70.2 Å². The summed E-state index contributed by atoms with van der Waals surface area (Å²) in [5.74, 6) is 0.249. The van der Waals surface area contributed by atoms with Gasteiger partial charge >= 0.3 is 6.03 Å². The Morgan fingerprint density at radius 3 is 2.65 bits per heavy atom. The van der Waals surface area contributed by atoms with Gasteiger partial charge in [-0.05, 0) is 43.5 Å². The minimum Gasteiger partial charge on any atom is -0.341 e. The number of nitrogens with zero attached hydrogens (tertiary/aromatic N) is 3. The van der Waals surface area contributed by atoms with Gasteiger partial charge in [-0.25, -0.2) is 19.2 Å². The van der Waals surface area contributed by atoms with Crippen LogP contribution in [0.15, 0.2) is 36.7 Å². The molecule has 138 valence electrons. The largest absolute Gasteiger partial charge is 0.341 e. The third-order valence-electron chi connectivity index (χ3n) is 4.46. The molecule has 1 aromatic carbocycles. The summed E-state index contributed by atoms with van der Waals surface area (Å²) in [7, 11) is 0. The summed E-state index contributed by atoms with van der Waals surface area (Å²) in [6.45, 7) is 3.41. The maximum Gasteiger partial charge on any atom is 0.315 e. The van der Waals surface area contributed by atoms with Crippen LogP contribution in [-0.4, -0.2) is 35.1 Å². The van der Waals surface area contributed by atoms with Gasteiger partial charge in [-0.1, -0.05) is 17.7 Å². The van der Waals surface area contributed by atoms with Gasteiger partial charge in [-0.15, -0.1) is 0 Å². The van der Waals surface area contributed by atoms with Gasteiger partial charge in [0.1, 0.15) is 5.82 Å². The zero-order chi connectivity index (χ0) is 18.5. The van der Waals surface area contributed by atoms with E-state index in [1.165, 1.54) is 12.1 Å². The smallest absolute Gasteiger partial charge is 0.315 e. The van der Waals surface area contributed by atoms with Crippen molar-refractivity contribution in [1.82, 2.24) is 20.6 Å². The molecule has 3 rings (SSSR count). The second-order valence-electron chi connectivity index (χ2n) is 6.32. The van der Waals surface area contributed by atoms with Crippen molar-refractivity contribution in [3.63, 3.8) is 0 Å². The van der Waals surface area contributed by atoms with E-state index in [0.29, 0.717) is 0 Å². The molecule has 6 nitrogen and oxygen atoms in total. The molecule has 1 saturated heterocycles. The lowest BCUT2D eigenvalue weighted by atomic mass is 10.1. The number of hydrogen-bond donors (Lipinski definition) is 2. The first kappa shape index (κ1) is 18.4. The third kappa shape index (κ3) is 4.60. The standard InChI is InChI=1S/C18H21ClFN5O/c1-12(13-3-4-16(20)15(19)11-13)23-18(26)24-14-5-9-25(10-6-14)17-21-7-2-8-22-17/h2-4,7-8,11-12,14H,5-6,9-10H2,1H3,(H2,23,24,26). The fraction of sp³-hybridized carbons (Fsp3) is 0.389. The average molecular weight is 378 g/mol. The molecule has 0 saturated carbocycles. The zero-order valence-electron chi connectivity index (χ0n) is 14.5. The Balaban J connectivity index is 1.47. The van der Waals surface area contributed by atoms with E-state index in [2.05, 4.69) is 25.5 Å². The van der Waals surface area contributed by atoms with Crippen LogP contribution in [0.4, 0.5) is 15.1 Å². The fourth-order valence-electron chi connectivity index (χ4n) is 2.97. The van der Waals surface area contributed by atoms with Gasteiger partial charge in [0, 0.05) is 31.5 Å². The Bertz CT molecular complexity index is 753. The van der Waals surface area contributed by atoms with Crippen molar-refractivity contribution >= 4 is 23.6 Å². The van der Waals surface area contributed by atoms with Crippen LogP contribution in [0.25, 0.3) is 0 Å². The van der Waals surface area contributed by atoms with Crippen molar-refractivity contribution in [1.29, 1.82) is 0 Å². The average Bonchev–Trinajstić information content (AvgIpc) is 2.65. The van der Waals surface area contributed by atoms with E-state index in [0.717, 1.165) is 37.4 Å². The normalized spacial score (nSPS) is 16.2. The highest BCUT2D eigenvalue weighted by molar-refractivity contribution is 6.30. The summed E-state index contributed by atoms with van der Waals surface area (Å²) in [4.78, 5) is 22.8. The highest BCUT2D eigenvalue weighted by Crippen LogP contribution is 2.21. The first-order valence-electron chi connectivity index (χ1n) is 8.57. The molecule has 1 atom stereocenters.